The largest absolute Gasteiger partial charge is 0.480 e. The summed E-state index contributed by atoms with van der Waals surface area (Å²) in [4.78, 5) is 15.0. The quantitative estimate of drug-likeness (QED) is 0.942. The van der Waals surface area contributed by atoms with E-state index in [2.05, 4.69) is 11.4 Å². The van der Waals surface area contributed by atoms with E-state index in [0.29, 0.717) is 17.1 Å². The van der Waals surface area contributed by atoms with Gasteiger partial charge in [-0.2, -0.15) is 0 Å². The number of carbonyl (C=O) groups is 1. The minimum absolute atomic E-state index is 0.511. The zero-order valence-corrected chi connectivity index (χ0v) is 12.3. The fourth-order valence-electron chi connectivity index (χ4n) is 2.66. The summed E-state index contributed by atoms with van der Waals surface area (Å²) < 4.78 is 0. The maximum absolute atomic E-state index is 11.7. The molecule has 0 fully saturated rings. The zero-order valence-electron chi connectivity index (χ0n) is 10.8. The first-order chi connectivity index (χ1) is 9.66. The monoisotopic (exact) mass is 307 g/mol. The Morgan fingerprint density at radius 3 is 2.90 bits per heavy atom. The molecule has 0 amide bonds. The molecule has 1 aromatic carbocycles. The number of carboxylic acid groups (broad SMARTS) is 1. The van der Waals surface area contributed by atoms with Crippen molar-refractivity contribution in [1.29, 1.82) is 0 Å². The van der Waals surface area contributed by atoms with Crippen LogP contribution in [0.15, 0.2) is 35.7 Å². The number of fused-ring (bicyclic) bond motifs is 1. The Balaban J connectivity index is 1.93. The Kier molecular flexibility index (Phi) is 3.78. The fraction of sp³-hybridized carbons (Fsp3) is 0.267. The van der Waals surface area contributed by atoms with Crippen molar-refractivity contribution in [2.75, 3.05) is 6.54 Å². The molecule has 3 nitrogen and oxygen atoms in total. The van der Waals surface area contributed by atoms with Gasteiger partial charge in [-0.05, 0) is 35.1 Å². The highest BCUT2D eigenvalue weighted by atomic mass is 35.5. The summed E-state index contributed by atoms with van der Waals surface area (Å²) in [6.45, 7) is 1.42. The van der Waals surface area contributed by atoms with Crippen LogP contribution in [0.4, 0.5) is 0 Å². The lowest BCUT2D eigenvalue weighted by Gasteiger charge is -2.32. The van der Waals surface area contributed by atoms with E-state index in [4.69, 9.17) is 11.6 Å². The summed E-state index contributed by atoms with van der Waals surface area (Å²) in [5.41, 5.74) is 2.01. The zero-order chi connectivity index (χ0) is 14.1. The first-order valence-corrected chi connectivity index (χ1v) is 7.69. The summed E-state index contributed by atoms with van der Waals surface area (Å²) in [6, 6.07) is 8.63. The van der Waals surface area contributed by atoms with Crippen LogP contribution in [0.5, 0.6) is 0 Å². The van der Waals surface area contributed by atoms with Gasteiger partial charge in [-0.15, -0.1) is 11.3 Å². The third-order valence-corrected chi connectivity index (χ3v) is 4.94. The van der Waals surface area contributed by atoms with Crippen LogP contribution in [-0.4, -0.2) is 22.5 Å². The van der Waals surface area contributed by atoms with Crippen LogP contribution in [0.3, 0.4) is 0 Å². The average Bonchev–Trinajstić information content (AvgIpc) is 2.88. The maximum atomic E-state index is 11.7. The Morgan fingerprint density at radius 1 is 1.35 bits per heavy atom. The van der Waals surface area contributed by atoms with Crippen molar-refractivity contribution >= 4 is 28.9 Å². The highest BCUT2D eigenvalue weighted by molar-refractivity contribution is 7.10. The first-order valence-electron chi connectivity index (χ1n) is 6.43. The molecule has 1 aromatic heterocycles. The molecule has 1 aliphatic rings. The Morgan fingerprint density at radius 2 is 2.15 bits per heavy atom. The van der Waals surface area contributed by atoms with Crippen LogP contribution in [0, 0.1) is 0 Å². The molecular weight excluding hydrogens is 294 g/mol. The normalized spacial score (nSPS) is 16.6. The highest BCUT2D eigenvalue weighted by Crippen LogP contribution is 2.33. The molecule has 1 aliphatic heterocycles. The van der Waals surface area contributed by atoms with Gasteiger partial charge in [0.25, 0.3) is 0 Å². The van der Waals surface area contributed by atoms with Crippen LogP contribution < -0.4 is 0 Å². The van der Waals surface area contributed by atoms with Gasteiger partial charge in [0, 0.05) is 23.0 Å². The average molecular weight is 308 g/mol. The molecular formula is C15H14ClNO2S. The van der Waals surface area contributed by atoms with Gasteiger partial charge in [-0.25, -0.2) is 0 Å². The smallest absolute Gasteiger partial charge is 0.325 e. The molecule has 2 aromatic rings. The highest BCUT2D eigenvalue weighted by Gasteiger charge is 2.31. The maximum Gasteiger partial charge on any atom is 0.325 e. The van der Waals surface area contributed by atoms with Crippen LogP contribution in [0.1, 0.15) is 22.0 Å². The van der Waals surface area contributed by atoms with Crippen molar-refractivity contribution in [3.8, 4) is 0 Å². The van der Waals surface area contributed by atoms with Crippen LogP contribution in [0.2, 0.25) is 5.02 Å². The van der Waals surface area contributed by atoms with E-state index in [1.165, 1.54) is 10.4 Å². The fourth-order valence-corrected chi connectivity index (χ4v) is 3.86. The van der Waals surface area contributed by atoms with Gasteiger partial charge in [-0.3, -0.25) is 9.69 Å². The predicted octanol–water partition coefficient (Wildman–Crippen LogP) is 3.59. The predicted molar refractivity (Wildman–Crippen MR) is 80.3 cm³/mol. The number of benzene rings is 1. The molecule has 2 heterocycles. The molecule has 0 spiro atoms. The van der Waals surface area contributed by atoms with E-state index in [9.17, 15) is 9.90 Å². The van der Waals surface area contributed by atoms with Gasteiger partial charge in [0.05, 0.1) is 0 Å². The summed E-state index contributed by atoms with van der Waals surface area (Å²) in [7, 11) is 0. The molecule has 104 valence electrons. The summed E-state index contributed by atoms with van der Waals surface area (Å²) >= 11 is 7.86. The minimum Gasteiger partial charge on any atom is -0.480 e. The number of aliphatic carboxylic acids is 1. The molecule has 0 radical (unpaired) electrons. The minimum atomic E-state index is -0.849. The van der Waals surface area contributed by atoms with Gasteiger partial charge >= 0.3 is 5.97 Å². The van der Waals surface area contributed by atoms with Gasteiger partial charge in [-0.1, -0.05) is 29.8 Å². The summed E-state index contributed by atoms with van der Waals surface area (Å²) in [6.07, 6.45) is 0.896. The van der Waals surface area contributed by atoms with E-state index in [-0.39, 0.29) is 0 Å². The van der Waals surface area contributed by atoms with Crippen molar-refractivity contribution < 1.29 is 9.90 Å². The lowest BCUT2D eigenvalue weighted by Crippen LogP contribution is -2.37. The number of halogens is 1. The second-order valence-corrected chi connectivity index (χ2v) is 6.26. The van der Waals surface area contributed by atoms with Crippen LogP contribution >= 0.6 is 22.9 Å². The second-order valence-electron chi connectivity index (χ2n) is 4.85. The number of carboxylic acids is 1. The van der Waals surface area contributed by atoms with Gasteiger partial charge < -0.3 is 5.11 Å². The topological polar surface area (TPSA) is 40.5 Å². The number of hydrogen-bond donors (Lipinski definition) is 1. The van der Waals surface area contributed by atoms with Crippen molar-refractivity contribution in [3.05, 3.63) is 56.7 Å². The van der Waals surface area contributed by atoms with Crippen LogP contribution in [0.25, 0.3) is 0 Å². The van der Waals surface area contributed by atoms with Gasteiger partial charge in [0.2, 0.25) is 0 Å². The molecule has 1 unspecified atom stereocenters. The molecule has 1 N–H and O–H groups in total. The first kappa shape index (κ1) is 13.6. The van der Waals surface area contributed by atoms with Crippen LogP contribution in [-0.2, 0) is 17.8 Å². The summed E-state index contributed by atoms with van der Waals surface area (Å²) in [5.74, 6) is -0.849. The number of rotatable bonds is 3. The van der Waals surface area contributed by atoms with E-state index >= 15 is 0 Å². The third kappa shape index (κ3) is 2.46. The standard InChI is InChI=1S/C15H14ClNO2S/c16-12-4-2-1-3-11(12)14(15(18)19)17-7-5-10-6-8-20-13(10)9-17/h1-4,6,8,14H,5,7,9H2,(H,18,19). The van der Waals surface area contributed by atoms with Crippen molar-refractivity contribution in [3.63, 3.8) is 0 Å². The van der Waals surface area contributed by atoms with Crippen molar-refractivity contribution in [2.45, 2.75) is 19.0 Å². The second kappa shape index (κ2) is 5.56. The van der Waals surface area contributed by atoms with Gasteiger partial charge in [0.15, 0.2) is 0 Å². The van der Waals surface area contributed by atoms with E-state index in [0.717, 1.165) is 13.0 Å². The van der Waals surface area contributed by atoms with E-state index in [1.807, 2.05) is 17.0 Å². The molecule has 0 saturated carbocycles. The van der Waals surface area contributed by atoms with E-state index < -0.39 is 12.0 Å². The molecule has 0 aliphatic carbocycles. The summed E-state index contributed by atoms with van der Waals surface area (Å²) in [5, 5.41) is 12.2. The van der Waals surface area contributed by atoms with Gasteiger partial charge in [0.1, 0.15) is 6.04 Å². The number of thiophene rings is 1. The molecule has 3 rings (SSSR count). The van der Waals surface area contributed by atoms with Crippen molar-refractivity contribution in [1.82, 2.24) is 4.90 Å². The van der Waals surface area contributed by atoms with Crippen molar-refractivity contribution in [2.24, 2.45) is 0 Å². The Hall–Kier alpha value is -1.36. The van der Waals surface area contributed by atoms with E-state index in [1.54, 1.807) is 23.5 Å². The molecule has 5 heteroatoms. The Bertz CT molecular complexity index is 640. The lowest BCUT2D eigenvalue weighted by atomic mass is 10.0. The molecule has 0 bridgehead atoms. The number of nitrogens with zero attached hydrogens (tertiary/aromatic N) is 1. The molecule has 20 heavy (non-hydrogen) atoms. The Labute approximate surface area is 126 Å². The molecule has 1 atom stereocenters. The third-order valence-electron chi connectivity index (χ3n) is 3.65. The SMILES string of the molecule is O=C(O)C(c1ccccc1Cl)N1CCc2ccsc2C1. The molecule has 0 saturated heterocycles. The number of hydrogen-bond acceptors (Lipinski definition) is 3. The lowest BCUT2D eigenvalue weighted by molar-refractivity contribution is -0.144.